The summed E-state index contributed by atoms with van der Waals surface area (Å²) in [6, 6.07) is 0. The van der Waals surface area contributed by atoms with E-state index in [0.29, 0.717) is 13.0 Å². The minimum Gasteiger partial charge on any atom is -0.466 e. The third kappa shape index (κ3) is 18.2. The van der Waals surface area contributed by atoms with Crippen molar-refractivity contribution in [3.63, 3.8) is 0 Å². The Bertz CT molecular complexity index is 425. The Balaban J connectivity index is 3.48. The van der Waals surface area contributed by atoms with Gasteiger partial charge in [0.25, 0.3) is 0 Å². The lowest BCUT2D eigenvalue weighted by Gasteiger charge is -1.98. The topological polar surface area (TPSA) is 26.3 Å². The van der Waals surface area contributed by atoms with Crippen LogP contribution in [0.1, 0.15) is 65.2 Å². The van der Waals surface area contributed by atoms with Gasteiger partial charge >= 0.3 is 5.97 Å². The molecule has 0 saturated heterocycles. The van der Waals surface area contributed by atoms with E-state index >= 15 is 0 Å². The number of esters is 1. The van der Waals surface area contributed by atoms with Gasteiger partial charge in [0.1, 0.15) is 0 Å². The normalized spacial score (nSPS) is 12.6. The van der Waals surface area contributed by atoms with Gasteiger partial charge in [0, 0.05) is 6.42 Å². The van der Waals surface area contributed by atoms with Crippen LogP contribution in [-0.4, -0.2) is 12.6 Å². The summed E-state index contributed by atoms with van der Waals surface area (Å²) in [6.07, 6.45) is 29.3. The maximum Gasteiger partial charge on any atom is 0.305 e. The quantitative estimate of drug-likeness (QED) is 0.207. The number of unbranched alkanes of at least 4 members (excludes halogenated alkanes) is 1. The van der Waals surface area contributed by atoms with Crippen molar-refractivity contribution in [1.29, 1.82) is 0 Å². The maximum atomic E-state index is 11.1. The van der Waals surface area contributed by atoms with Crippen molar-refractivity contribution < 1.29 is 9.53 Å². The molecule has 2 heteroatoms. The molecule has 0 aromatic heterocycles. The Morgan fingerprint density at radius 3 is 1.62 bits per heavy atom. The molecule has 24 heavy (non-hydrogen) atoms. The summed E-state index contributed by atoms with van der Waals surface area (Å²) in [5.41, 5.74) is 0. The van der Waals surface area contributed by atoms with Crippen molar-refractivity contribution in [3.8, 4) is 0 Å². The first kappa shape index (κ1) is 22.2. The second-order valence-corrected chi connectivity index (χ2v) is 5.41. The highest BCUT2D eigenvalue weighted by molar-refractivity contribution is 5.69. The van der Waals surface area contributed by atoms with Crippen LogP contribution in [-0.2, 0) is 9.53 Å². The van der Waals surface area contributed by atoms with Crippen LogP contribution in [0, 0.1) is 0 Å². The zero-order valence-electron chi connectivity index (χ0n) is 15.5. The Kier molecular flexibility index (Phi) is 17.8. The molecular weight excluding hydrogens is 296 g/mol. The lowest BCUT2D eigenvalue weighted by atomic mass is 10.2. The van der Waals surface area contributed by atoms with Crippen LogP contribution in [0.25, 0.3) is 0 Å². The molecule has 0 saturated carbocycles. The summed E-state index contributed by atoms with van der Waals surface area (Å²) >= 11 is 0. The van der Waals surface area contributed by atoms with Crippen LogP contribution >= 0.6 is 0 Å². The third-order valence-corrected chi connectivity index (χ3v) is 3.21. The summed E-state index contributed by atoms with van der Waals surface area (Å²) in [4.78, 5) is 11.1. The van der Waals surface area contributed by atoms with Crippen LogP contribution in [0.4, 0.5) is 0 Å². The first-order chi connectivity index (χ1) is 11.8. The molecule has 0 bridgehead atoms. The van der Waals surface area contributed by atoms with Gasteiger partial charge < -0.3 is 4.74 Å². The van der Waals surface area contributed by atoms with Gasteiger partial charge in [0.15, 0.2) is 0 Å². The summed E-state index contributed by atoms with van der Waals surface area (Å²) < 4.78 is 4.88. The van der Waals surface area contributed by atoms with Gasteiger partial charge in [0.05, 0.1) is 6.61 Å². The lowest BCUT2D eigenvalue weighted by molar-refractivity contribution is -0.143. The molecule has 2 nitrogen and oxygen atoms in total. The Labute approximate surface area is 148 Å². The molecule has 0 aromatic rings. The van der Waals surface area contributed by atoms with E-state index in [1.165, 1.54) is 0 Å². The van der Waals surface area contributed by atoms with Crippen molar-refractivity contribution in [1.82, 2.24) is 0 Å². The van der Waals surface area contributed by atoms with E-state index in [4.69, 9.17) is 4.74 Å². The molecule has 0 atom stereocenters. The van der Waals surface area contributed by atoms with Crippen molar-refractivity contribution in [2.24, 2.45) is 0 Å². The highest BCUT2D eigenvalue weighted by Gasteiger charge is 1.98. The van der Waals surface area contributed by atoms with Crippen molar-refractivity contribution in [2.75, 3.05) is 6.61 Å². The van der Waals surface area contributed by atoms with E-state index < -0.39 is 0 Å². The molecule has 0 aromatic carbocycles. The van der Waals surface area contributed by atoms with E-state index in [0.717, 1.165) is 44.9 Å². The lowest BCUT2D eigenvalue weighted by Crippen LogP contribution is -2.02. The van der Waals surface area contributed by atoms with Crippen molar-refractivity contribution >= 4 is 5.97 Å². The van der Waals surface area contributed by atoms with Crippen LogP contribution in [0.3, 0.4) is 0 Å². The number of hydrogen-bond acceptors (Lipinski definition) is 2. The third-order valence-electron chi connectivity index (χ3n) is 3.21. The number of rotatable bonds is 14. The Morgan fingerprint density at radius 2 is 1.17 bits per heavy atom. The standard InChI is InChI=1S/C22H34O2/c1-3-5-6-7-8-9-10-11-12-13-14-15-16-17-18-19-20-21-22(23)24-4-2/h5-6,8-9,11-12,14-15,17-18H,3-4,7,10,13,16,19-21H2,1-2H3/b6-5-,9-8+,12-11-,15-14-,18-17-. The zero-order valence-corrected chi connectivity index (χ0v) is 15.5. The molecule has 134 valence electrons. The maximum absolute atomic E-state index is 11.1. The molecule has 0 aliphatic carbocycles. The molecule has 0 N–H and O–H groups in total. The SMILES string of the molecule is CC/C=C\C/C=C/C/C=C\C/C=C\C/C=C\CCCC(=O)OCC. The summed E-state index contributed by atoms with van der Waals surface area (Å²) in [7, 11) is 0. The van der Waals surface area contributed by atoms with E-state index in [2.05, 4.69) is 67.7 Å². The molecule has 0 amide bonds. The van der Waals surface area contributed by atoms with E-state index in [1.54, 1.807) is 0 Å². The van der Waals surface area contributed by atoms with Crippen molar-refractivity contribution in [3.05, 3.63) is 60.8 Å². The van der Waals surface area contributed by atoms with Crippen LogP contribution in [0.15, 0.2) is 60.8 Å². The van der Waals surface area contributed by atoms with Gasteiger partial charge in [-0.25, -0.2) is 0 Å². The van der Waals surface area contributed by atoms with Crippen LogP contribution in [0.5, 0.6) is 0 Å². The molecule has 0 heterocycles. The van der Waals surface area contributed by atoms with Gasteiger partial charge in [-0.3, -0.25) is 4.79 Å². The first-order valence-electron chi connectivity index (χ1n) is 9.21. The number of ether oxygens (including phenoxy) is 1. The van der Waals surface area contributed by atoms with E-state index in [1.807, 2.05) is 6.92 Å². The minimum atomic E-state index is -0.0927. The predicted molar refractivity (Wildman–Crippen MR) is 105 cm³/mol. The fourth-order valence-corrected chi connectivity index (χ4v) is 1.97. The average Bonchev–Trinajstić information content (AvgIpc) is 2.58. The first-order valence-corrected chi connectivity index (χ1v) is 9.21. The van der Waals surface area contributed by atoms with Gasteiger partial charge in [-0.1, -0.05) is 67.7 Å². The second kappa shape index (κ2) is 19.2. The molecule has 0 aliphatic heterocycles. The van der Waals surface area contributed by atoms with Gasteiger partial charge in [0.2, 0.25) is 0 Å². The van der Waals surface area contributed by atoms with Crippen molar-refractivity contribution in [2.45, 2.75) is 65.2 Å². The fourth-order valence-electron chi connectivity index (χ4n) is 1.97. The molecule has 0 aliphatic rings. The second-order valence-electron chi connectivity index (χ2n) is 5.41. The monoisotopic (exact) mass is 330 g/mol. The number of carbonyl (C=O) groups excluding carboxylic acids is 1. The summed E-state index contributed by atoms with van der Waals surface area (Å²) in [5, 5.41) is 0. The van der Waals surface area contributed by atoms with Gasteiger partial charge in [-0.15, -0.1) is 0 Å². The largest absolute Gasteiger partial charge is 0.466 e. The average molecular weight is 331 g/mol. The zero-order chi connectivity index (χ0) is 17.7. The smallest absolute Gasteiger partial charge is 0.305 e. The van der Waals surface area contributed by atoms with Crippen LogP contribution < -0.4 is 0 Å². The molecule has 0 unspecified atom stereocenters. The Hall–Kier alpha value is -1.83. The molecule has 0 rings (SSSR count). The fraction of sp³-hybridized carbons (Fsp3) is 0.500. The summed E-state index contributed by atoms with van der Waals surface area (Å²) in [6.45, 7) is 4.46. The Morgan fingerprint density at radius 1 is 0.708 bits per heavy atom. The molecule has 0 fully saturated rings. The van der Waals surface area contributed by atoms with E-state index in [9.17, 15) is 4.79 Å². The highest BCUT2D eigenvalue weighted by atomic mass is 16.5. The number of allylic oxidation sites excluding steroid dienone is 10. The number of hydrogen-bond donors (Lipinski definition) is 0. The molecule has 0 spiro atoms. The number of carbonyl (C=O) groups is 1. The molecular formula is C22H34O2. The summed E-state index contributed by atoms with van der Waals surface area (Å²) in [5.74, 6) is -0.0927. The van der Waals surface area contributed by atoms with E-state index in [-0.39, 0.29) is 5.97 Å². The predicted octanol–water partition coefficient (Wildman–Crippen LogP) is 6.47. The minimum absolute atomic E-state index is 0.0927. The van der Waals surface area contributed by atoms with Gasteiger partial charge in [-0.05, 0) is 51.9 Å². The van der Waals surface area contributed by atoms with Crippen LogP contribution in [0.2, 0.25) is 0 Å². The highest BCUT2D eigenvalue weighted by Crippen LogP contribution is 2.00. The van der Waals surface area contributed by atoms with Gasteiger partial charge in [-0.2, -0.15) is 0 Å². The molecule has 0 radical (unpaired) electrons.